The summed E-state index contributed by atoms with van der Waals surface area (Å²) in [5, 5.41) is 26.4. The number of benzene rings is 2. The number of carbonyl (C=O) groups excluding carboxylic acids is 1. The third kappa shape index (κ3) is 12.0. The number of nitrogens with zero attached hydrogens (tertiary/aromatic N) is 1. The number of sulfonamides is 1. The fourth-order valence-corrected chi connectivity index (χ4v) is 8.69. The molecule has 290 valence electrons. The van der Waals surface area contributed by atoms with Crippen LogP contribution in [0.1, 0.15) is 38.3 Å². The minimum Gasteiger partial charge on any atom is -0.497 e. The van der Waals surface area contributed by atoms with E-state index in [1.165, 1.54) is 30.5 Å². The Morgan fingerprint density at radius 1 is 1.02 bits per heavy atom. The van der Waals surface area contributed by atoms with Gasteiger partial charge in [-0.3, -0.25) is 0 Å². The zero-order valence-corrected chi connectivity index (χ0v) is 31.5. The second kappa shape index (κ2) is 18.9. The molecule has 2 saturated heterocycles. The van der Waals surface area contributed by atoms with Crippen LogP contribution < -0.4 is 15.4 Å². The van der Waals surface area contributed by atoms with Crippen molar-refractivity contribution in [2.24, 2.45) is 11.8 Å². The summed E-state index contributed by atoms with van der Waals surface area (Å²) < 4.78 is 55.7. The molecule has 6 N–H and O–H groups in total. The number of aliphatic hydroxyl groups excluding tert-OH is 1. The first kappa shape index (κ1) is 41.8. The molecule has 2 aromatic rings. The van der Waals surface area contributed by atoms with Crippen molar-refractivity contribution in [2.75, 3.05) is 46.1 Å². The van der Waals surface area contributed by atoms with Crippen molar-refractivity contribution in [2.45, 2.75) is 75.7 Å². The van der Waals surface area contributed by atoms with Gasteiger partial charge in [-0.15, -0.1) is 0 Å². The Morgan fingerprint density at radius 3 is 2.33 bits per heavy atom. The zero-order chi connectivity index (χ0) is 38.1. The van der Waals surface area contributed by atoms with Crippen LogP contribution in [0.3, 0.4) is 0 Å². The van der Waals surface area contributed by atoms with E-state index in [1.807, 2.05) is 38.1 Å². The largest absolute Gasteiger partial charge is 0.497 e. The van der Waals surface area contributed by atoms with Gasteiger partial charge in [-0.2, -0.15) is 18.6 Å². The van der Waals surface area contributed by atoms with E-state index in [0.717, 1.165) is 11.1 Å². The van der Waals surface area contributed by atoms with Crippen molar-refractivity contribution in [3.05, 3.63) is 59.7 Å². The Bertz CT molecular complexity index is 1560. The second-order valence-corrected chi connectivity index (χ2v) is 17.3. The number of rotatable bonds is 20. The molecule has 18 heteroatoms. The van der Waals surface area contributed by atoms with Crippen LogP contribution in [-0.2, 0) is 46.5 Å². The predicted octanol–water partition coefficient (Wildman–Crippen LogP) is 2.13. The van der Waals surface area contributed by atoms with Gasteiger partial charge in [0.25, 0.3) is 0 Å². The molecule has 2 aliphatic rings. The topological polar surface area (TPSA) is 223 Å². The number of nitrogens with one attached hydrogen (secondary N) is 2. The van der Waals surface area contributed by atoms with Crippen LogP contribution in [0.25, 0.3) is 0 Å². The normalized spacial score (nSPS) is 20.8. The molecule has 2 aliphatic heterocycles. The molecule has 16 nitrogen and oxygen atoms in total. The lowest BCUT2D eigenvalue weighted by Crippen LogP contribution is -2.51. The molecule has 6 atom stereocenters. The maximum Gasteiger partial charge on any atom is 0.408 e. The van der Waals surface area contributed by atoms with Gasteiger partial charge in [-0.25, -0.2) is 18.0 Å². The number of hydrogen-bond donors (Lipinski definition) is 6. The highest BCUT2D eigenvalue weighted by molar-refractivity contribution is 7.89. The molecule has 2 heterocycles. The molecule has 2 aromatic carbocycles. The monoisotopic (exact) mass is 772 g/mol. The molecule has 2 fully saturated rings. The van der Waals surface area contributed by atoms with E-state index < -0.39 is 60.7 Å². The number of amides is 1. The summed E-state index contributed by atoms with van der Waals surface area (Å²) in [5.74, 6) is -0.969. The van der Waals surface area contributed by atoms with Crippen LogP contribution in [-0.4, -0.2) is 122 Å². The molecule has 0 aliphatic carbocycles. The third-order valence-corrected chi connectivity index (χ3v) is 12.0. The molecule has 0 aromatic heterocycles. The van der Waals surface area contributed by atoms with Gasteiger partial charge in [0, 0.05) is 26.2 Å². The van der Waals surface area contributed by atoms with E-state index in [4.69, 9.17) is 28.6 Å². The first-order chi connectivity index (χ1) is 24.6. The molecule has 0 saturated carbocycles. The Kier molecular flexibility index (Phi) is 15.2. The zero-order valence-electron chi connectivity index (χ0n) is 29.8. The van der Waals surface area contributed by atoms with Crippen LogP contribution in [0.2, 0.25) is 0 Å². The molecular formula is C34H51N3O13PS+. The van der Waals surface area contributed by atoms with E-state index in [0.29, 0.717) is 25.3 Å². The summed E-state index contributed by atoms with van der Waals surface area (Å²) in [4.78, 5) is 44.3. The second-order valence-electron chi connectivity index (χ2n) is 13.3. The van der Waals surface area contributed by atoms with E-state index in [2.05, 4.69) is 10.6 Å². The van der Waals surface area contributed by atoms with Crippen molar-refractivity contribution in [3.8, 4) is 5.75 Å². The Labute approximate surface area is 305 Å². The number of hydrogen-bond acceptors (Lipinski definition) is 13. The summed E-state index contributed by atoms with van der Waals surface area (Å²) >= 11 is 0. The highest BCUT2D eigenvalue weighted by Crippen LogP contribution is 2.51. The number of methoxy groups -OCH3 is 1. The third-order valence-electron chi connectivity index (χ3n) is 8.73. The molecule has 0 unspecified atom stereocenters. The van der Waals surface area contributed by atoms with Gasteiger partial charge in [0.1, 0.15) is 11.9 Å². The Morgan fingerprint density at radius 2 is 1.69 bits per heavy atom. The fourth-order valence-electron chi connectivity index (χ4n) is 5.92. The summed E-state index contributed by atoms with van der Waals surface area (Å²) in [5.41, 5.74) is 1.58. The van der Waals surface area contributed by atoms with Gasteiger partial charge in [-0.05, 0) is 61.1 Å². The molecular weight excluding hydrogens is 721 g/mol. The number of ether oxygens (including phenoxy) is 4. The van der Waals surface area contributed by atoms with Crippen molar-refractivity contribution in [1.82, 2.24) is 14.9 Å². The van der Waals surface area contributed by atoms with Gasteiger partial charge in [0.15, 0.2) is 12.5 Å². The van der Waals surface area contributed by atoms with Crippen LogP contribution in [0.5, 0.6) is 5.75 Å². The smallest absolute Gasteiger partial charge is 0.408 e. The number of fused-ring (bicyclic) bond motifs is 1. The minimum absolute atomic E-state index is 0.0386. The van der Waals surface area contributed by atoms with Crippen molar-refractivity contribution in [1.29, 1.82) is 0 Å². The molecule has 0 spiro atoms. The highest BCUT2D eigenvalue weighted by atomic mass is 32.2. The van der Waals surface area contributed by atoms with Crippen LogP contribution in [0.4, 0.5) is 4.79 Å². The first-order valence-corrected chi connectivity index (χ1v) is 20.4. The van der Waals surface area contributed by atoms with Crippen molar-refractivity contribution < 1.29 is 61.5 Å². The van der Waals surface area contributed by atoms with Crippen molar-refractivity contribution in [3.63, 3.8) is 0 Å². The number of carbonyl (C=O) groups is 2. The minimum atomic E-state index is -4.04. The average Bonchev–Trinajstić information content (AvgIpc) is 3.71. The van der Waals surface area contributed by atoms with Crippen LogP contribution in [0, 0.1) is 11.8 Å². The van der Waals surface area contributed by atoms with Gasteiger partial charge in [0.05, 0.1) is 43.3 Å². The van der Waals surface area contributed by atoms with Crippen molar-refractivity contribution >= 4 is 30.0 Å². The quantitative estimate of drug-likeness (QED) is 0.0839. The lowest BCUT2D eigenvalue weighted by Gasteiger charge is -2.31. The molecule has 52 heavy (non-hydrogen) atoms. The molecule has 1 amide bonds. The summed E-state index contributed by atoms with van der Waals surface area (Å²) in [6, 6.07) is 12.3. The molecule has 4 rings (SSSR count). The number of alkyl carbamates (subject to hydrolysis) is 1. The number of carboxylic acid groups (broad SMARTS) is 1. The average molecular weight is 773 g/mol. The maximum absolute atomic E-state index is 13.8. The molecule has 0 radical (unpaired) electrons. The Hall–Kier alpha value is -2.96. The number of aliphatic carboxylic acids is 1. The Balaban J connectivity index is 1.44. The standard InChI is InChI=1S/C34H50N3O13PS/c1-22(2)19-37(52(44,45)27-11-9-26(46-4)10-12-27)20-30(38)29(36-34(41)49-31-21-48-33-28(31)13-15-47-33)17-24-5-7-25(8-6-24)18-35-14-16-51(42,43)50-23(3)32(39)40/h5-12,22-23,28-31,33,35,38,42-43H,13-21H2,1-4H3,(H-,36,39,40,41)/p+1/t23-,28-,29-,30+,31-,33+/m0/s1. The number of aliphatic hydroxyl groups is 1. The van der Waals surface area contributed by atoms with E-state index in [1.54, 1.807) is 12.1 Å². The van der Waals surface area contributed by atoms with E-state index >= 15 is 0 Å². The first-order valence-electron chi connectivity index (χ1n) is 17.1. The van der Waals surface area contributed by atoms with E-state index in [-0.39, 0.29) is 55.6 Å². The van der Waals surface area contributed by atoms with Gasteiger partial charge in [0.2, 0.25) is 16.1 Å². The summed E-state index contributed by atoms with van der Waals surface area (Å²) in [6.07, 6.45) is -3.76. The number of carboxylic acids is 1. The van der Waals surface area contributed by atoms with Gasteiger partial charge in [-0.1, -0.05) is 38.1 Å². The summed E-state index contributed by atoms with van der Waals surface area (Å²) in [6.45, 7) is 5.97. The summed E-state index contributed by atoms with van der Waals surface area (Å²) in [7, 11) is -6.41. The fraction of sp³-hybridized carbons (Fsp3) is 0.588. The van der Waals surface area contributed by atoms with Gasteiger partial charge >= 0.3 is 20.0 Å². The lowest BCUT2D eigenvalue weighted by molar-refractivity contribution is -0.144. The predicted molar refractivity (Wildman–Crippen MR) is 190 cm³/mol. The van der Waals surface area contributed by atoms with Crippen LogP contribution >= 0.6 is 7.94 Å². The van der Waals surface area contributed by atoms with Crippen LogP contribution in [0.15, 0.2) is 53.4 Å². The molecule has 0 bridgehead atoms. The SMILES string of the molecule is COc1ccc(S(=O)(=O)N(CC(C)C)C[C@@H](O)[C@H](Cc2ccc(CNCC[P+](O)(O)O[C@@H](C)C(=O)O)cc2)NC(=O)O[C@H]2CO[C@H]3OCC[C@H]32)cc1. The highest BCUT2D eigenvalue weighted by Gasteiger charge is 2.44. The lowest BCUT2D eigenvalue weighted by atomic mass is 10.00. The van der Waals surface area contributed by atoms with E-state index in [9.17, 15) is 32.9 Å². The van der Waals surface area contributed by atoms with Gasteiger partial charge < -0.3 is 39.8 Å². The maximum atomic E-state index is 13.8.